The summed E-state index contributed by atoms with van der Waals surface area (Å²) in [5.41, 5.74) is 1.10. The van der Waals surface area contributed by atoms with E-state index in [-0.39, 0.29) is 0 Å². The third-order valence-corrected chi connectivity index (χ3v) is 2.23. The van der Waals surface area contributed by atoms with E-state index in [0.29, 0.717) is 28.3 Å². The lowest BCUT2D eigenvalue weighted by Gasteiger charge is -2.03. The molecule has 16 heavy (non-hydrogen) atoms. The summed E-state index contributed by atoms with van der Waals surface area (Å²) in [6.07, 6.45) is 2.00. The number of nitrogens with zero attached hydrogens (tertiary/aromatic N) is 2. The molecule has 0 unspecified atom stereocenters. The molecule has 5 nitrogen and oxygen atoms in total. The Balaban J connectivity index is 2.78. The van der Waals surface area contributed by atoms with Gasteiger partial charge in [-0.25, -0.2) is 4.79 Å². The molecular weight excluding hydrogens is 208 g/mol. The maximum absolute atomic E-state index is 11.4. The van der Waals surface area contributed by atoms with Crippen molar-refractivity contribution in [3.8, 4) is 0 Å². The van der Waals surface area contributed by atoms with Gasteiger partial charge in [-0.2, -0.15) is 5.10 Å². The Bertz CT molecular complexity index is 566. The van der Waals surface area contributed by atoms with Crippen LogP contribution in [0.15, 0.2) is 24.4 Å². The molecule has 1 heterocycles. The van der Waals surface area contributed by atoms with Gasteiger partial charge in [0.2, 0.25) is 0 Å². The maximum Gasteiger partial charge on any atom is 0.340 e. The van der Waals surface area contributed by atoms with E-state index >= 15 is 0 Å². The summed E-state index contributed by atoms with van der Waals surface area (Å²) >= 11 is 0. The first-order valence-electron chi connectivity index (χ1n) is 4.56. The molecule has 0 fully saturated rings. The molecule has 0 aliphatic heterocycles. The third-order valence-electron chi connectivity index (χ3n) is 2.23. The molecule has 0 radical (unpaired) electrons. The van der Waals surface area contributed by atoms with Crippen LogP contribution in [0.3, 0.4) is 0 Å². The highest BCUT2D eigenvalue weighted by molar-refractivity contribution is 6.06. The van der Waals surface area contributed by atoms with Crippen molar-refractivity contribution in [1.29, 1.82) is 0 Å². The molecule has 0 N–H and O–H groups in total. The minimum absolute atomic E-state index is 0.302. The van der Waals surface area contributed by atoms with Crippen LogP contribution >= 0.6 is 0 Å². The second kappa shape index (κ2) is 4.06. The van der Waals surface area contributed by atoms with Gasteiger partial charge in [0.25, 0.3) is 0 Å². The van der Waals surface area contributed by atoms with Crippen LogP contribution < -0.4 is 0 Å². The van der Waals surface area contributed by atoms with E-state index in [2.05, 4.69) is 14.9 Å². The molecule has 0 atom stereocenters. The third kappa shape index (κ3) is 1.52. The first-order chi connectivity index (χ1) is 7.77. The monoisotopic (exact) mass is 216 g/mol. The van der Waals surface area contributed by atoms with Gasteiger partial charge in [0, 0.05) is 10.9 Å². The molecule has 0 amide bonds. The molecule has 0 saturated heterocycles. The lowest BCUT2D eigenvalue weighted by Crippen LogP contribution is -2.04. The van der Waals surface area contributed by atoms with Gasteiger partial charge in [-0.15, -0.1) is 5.10 Å². The Morgan fingerprint density at radius 2 is 2.25 bits per heavy atom. The predicted molar refractivity (Wildman–Crippen MR) is 56.3 cm³/mol. The van der Waals surface area contributed by atoms with Gasteiger partial charge < -0.3 is 4.74 Å². The Hall–Kier alpha value is -2.30. The number of carbonyl (C=O) groups excluding carboxylic acids is 2. The van der Waals surface area contributed by atoms with Crippen LogP contribution in [-0.2, 0) is 4.74 Å². The van der Waals surface area contributed by atoms with Crippen LogP contribution in [0.25, 0.3) is 10.9 Å². The molecule has 2 aromatic rings. The number of methoxy groups -OCH3 is 1. The van der Waals surface area contributed by atoms with Crippen molar-refractivity contribution in [1.82, 2.24) is 10.2 Å². The normalized spacial score (nSPS) is 10.1. The van der Waals surface area contributed by atoms with E-state index in [9.17, 15) is 9.59 Å². The fraction of sp³-hybridized carbons (Fsp3) is 0.0909. The highest BCUT2D eigenvalue weighted by Crippen LogP contribution is 2.18. The van der Waals surface area contributed by atoms with Gasteiger partial charge in [-0.3, -0.25) is 4.79 Å². The minimum atomic E-state index is -0.497. The lowest BCUT2D eigenvalue weighted by molar-refractivity contribution is 0.0602. The fourth-order valence-corrected chi connectivity index (χ4v) is 1.47. The number of rotatable bonds is 2. The molecule has 0 aliphatic carbocycles. The number of esters is 1. The zero-order chi connectivity index (χ0) is 11.5. The van der Waals surface area contributed by atoms with Crippen molar-refractivity contribution in [2.45, 2.75) is 0 Å². The molecule has 2 rings (SSSR count). The van der Waals surface area contributed by atoms with Crippen molar-refractivity contribution in [3.05, 3.63) is 35.5 Å². The molecule has 80 valence electrons. The summed E-state index contributed by atoms with van der Waals surface area (Å²) in [5.74, 6) is -0.497. The second-order valence-corrected chi connectivity index (χ2v) is 3.11. The van der Waals surface area contributed by atoms with Gasteiger partial charge in [-0.1, -0.05) is 12.1 Å². The summed E-state index contributed by atoms with van der Waals surface area (Å²) in [4.78, 5) is 22.2. The molecule has 1 aromatic carbocycles. The van der Waals surface area contributed by atoms with Crippen LogP contribution in [-0.4, -0.2) is 29.6 Å². The van der Waals surface area contributed by atoms with E-state index in [0.717, 1.165) is 0 Å². The van der Waals surface area contributed by atoms with Gasteiger partial charge in [0.1, 0.15) is 5.52 Å². The van der Waals surface area contributed by atoms with Crippen LogP contribution in [0.1, 0.15) is 20.7 Å². The minimum Gasteiger partial charge on any atom is -0.465 e. The molecule has 0 spiro atoms. The van der Waals surface area contributed by atoms with Crippen LogP contribution in [0.5, 0.6) is 0 Å². The number of benzene rings is 1. The van der Waals surface area contributed by atoms with E-state index in [1.165, 1.54) is 13.3 Å². The van der Waals surface area contributed by atoms with Crippen LogP contribution in [0, 0.1) is 0 Å². The van der Waals surface area contributed by atoms with Crippen molar-refractivity contribution in [2.24, 2.45) is 0 Å². The lowest BCUT2D eigenvalue weighted by atomic mass is 10.1. The first kappa shape index (κ1) is 10.2. The average molecular weight is 216 g/mol. The zero-order valence-corrected chi connectivity index (χ0v) is 8.51. The molecular formula is C11H8N2O3. The molecule has 0 saturated carbocycles. The van der Waals surface area contributed by atoms with Crippen LogP contribution in [0.4, 0.5) is 0 Å². The van der Waals surface area contributed by atoms with Crippen molar-refractivity contribution < 1.29 is 14.3 Å². The highest BCUT2D eigenvalue weighted by atomic mass is 16.5. The predicted octanol–water partition coefficient (Wildman–Crippen LogP) is 1.23. The maximum atomic E-state index is 11.4. The fourth-order valence-electron chi connectivity index (χ4n) is 1.47. The number of ether oxygens (including phenoxy) is 1. The Morgan fingerprint density at radius 1 is 1.44 bits per heavy atom. The largest absolute Gasteiger partial charge is 0.465 e. The SMILES string of the molecule is COC(=O)c1cnnc2c(C=O)cccc12. The number of hydrogen-bond donors (Lipinski definition) is 0. The molecule has 0 bridgehead atoms. The summed E-state index contributed by atoms with van der Waals surface area (Å²) < 4.78 is 4.62. The summed E-state index contributed by atoms with van der Waals surface area (Å²) in [6.45, 7) is 0. The quantitative estimate of drug-likeness (QED) is 0.557. The number of carbonyl (C=O) groups is 2. The van der Waals surface area contributed by atoms with Gasteiger partial charge in [0.15, 0.2) is 6.29 Å². The molecule has 1 aromatic heterocycles. The first-order valence-corrected chi connectivity index (χ1v) is 4.56. The van der Waals surface area contributed by atoms with E-state index in [4.69, 9.17) is 0 Å². The van der Waals surface area contributed by atoms with Crippen molar-refractivity contribution in [3.63, 3.8) is 0 Å². The van der Waals surface area contributed by atoms with Crippen LogP contribution in [0.2, 0.25) is 0 Å². The number of aromatic nitrogens is 2. The van der Waals surface area contributed by atoms with E-state index < -0.39 is 5.97 Å². The van der Waals surface area contributed by atoms with E-state index in [1.807, 2.05) is 0 Å². The molecule has 5 heteroatoms. The number of hydrogen-bond acceptors (Lipinski definition) is 5. The Kier molecular flexibility index (Phi) is 2.59. The van der Waals surface area contributed by atoms with Gasteiger partial charge in [0.05, 0.1) is 18.9 Å². The summed E-state index contributed by atoms with van der Waals surface area (Å²) in [5, 5.41) is 8.08. The van der Waals surface area contributed by atoms with E-state index in [1.54, 1.807) is 18.2 Å². The van der Waals surface area contributed by atoms with Gasteiger partial charge in [-0.05, 0) is 6.07 Å². The number of aldehydes is 1. The topological polar surface area (TPSA) is 69.2 Å². The zero-order valence-electron chi connectivity index (χ0n) is 8.51. The Morgan fingerprint density at radius 3 is 2.94 bits per heavy atom. The highest BCUT2D eigenvalue weighted by Gasteiger charge is 2.13. The summed E-state index contributed by atoms with van der Waals surface area (Å²) in [6, 6.07) is 4.99. The Labute approximate surface area is 91.1 Å². The van der Waals surface area contributed by atoms with Crippen molar-refractivity contribution in [2.75, 3.05) is 7.11 Å². The second-order valence-electron chi connectivity index (χ2n) is 3.11. The standard InChI is InChI=1S/C11H8N2O3/c1-16-11(15)9-5-12-13-10-7(6-14)3-2-4-8(9)10/h2-6H,1H3. The average Bonchev–Trinajstić information content (AvgIpc) is 2.36. The summed E-state index contributed by atoms with van der Waals surface area (Å²) in [7, 11) is 1.29. The smallest absolute Gasteiger partial charge is 0.340 e. The molecule has 0 aliphatic rings. The van der Waals surface area contributed by atoms with Gasteiger partial charge >= 0.3 is 5.97 Å². The number of fused-ring (bicyclic) bond motifs is 1. The van der Waals surface area contributed by atoms with Crippen molar-refractivity contribution >= 4 is 23.2 Å².